The van der Waals surface area contributed by atoms with Crippen LogP contribution in [0.3, 0.4) is 0 Å². The number of carbonyl (C=O) groups is 1. The molecule has 0 unspecified atom stereocenters. The zero-order valence-electron chi connectivity index (χ0n) is 14.5. The number of piperidine rings is 2. The summed E-state index contributed by atoms with van der Waals surface area (Å²) in [5.41, 5.74) is 0. The van der Waals surface area contributed by atoms with Gasteiger partial charge in [0, 0.05) is 32.1 Å². The number of hydrogen-bond donors (Lipinski definition) is 0. The summed E-state index contributed by atoms with van der Waals surface area (Å²) in [6, 6.07) is 6.50. The van der Waals surface area contributed by atoms with Gasteiger partial charge < -0.3 is 4.90 Å². The lowest BCUT2D eigenvalue weighted by Gasteiger charge is -2.36. The average molecular weight is 385 g/mol. The number of amides is 1. The fourth-order valence-corrected chi connectivity index (χ4v) is 5.59. The van der Waals surface area contributed by atoms with Crippen molar-refractivity contribution in [2.75, 3.05) is 26.2 Å². The molecule has 5 nitrogen and oxygen atoms in total. The number of nitrogens with zero attached hydrogens (tertiary/aromatic N) is 2. The van der Waals surface area contributed by atoms with Gasteiger partial charge in [0.2, 0.25) is 15.9 Å². The number of rotatable bonds is 3. The Balaban J connectivity index is 1.62. The Hall–Kier alpha value is -1.11. The Kier molecular flexibility index (Phi) is 5.71. The van der Waals surface area contributed by atoms with Gasteiger partial charge in [-0.3, -0.25) is 4.79 Å². The molecular weight excluding hydrogens is 360 g/mol. The third kappa shape index (κ3) is 4.01. The van der Waals surface area contributed by atoms with E-state index >= 15 is 0 Å². The van der Waals surface area contributed by atoms with Crippen LogP contribution in [0.5, 0.6) is 0 Å². The van der Waals surface area contributed by atoms with E-state index in [9.17, 15) is 13.2 Å². The van der Waals surface area contributed by atoms with Crippen LogP contribution < -0.4 is 0 Å². The maximum Gasteiger partial charge on any atom is 0.244 e. The lowest BCUT2D eigenvalue weighted by molar-refractivity contribution is -0.138. The highest BCUT2D eigenvalue weighted by Gasteiger charge is 2.35. The molecule has 2 saturated heterocycles. The smallest absolute Gasteiger partial charge is 0.244 e. The quantitative estimate of drug-likeness (QED) is 0.804. The zero-order chi connectivity index (χ0) is 18.0. The maximum absolute atomic E-state index is 12.8. The predicted molar refractivity (Wildman–Crippen MR) is 97.9 cm³/mol. The molecule has 0 radical (unpaired) electrons. The second kappa shape index (κ2) is 7.64. The molecular formula is C18H25ClN2O3S. The average Bonchev–Trinajstić information content (AvgIpc) is 2.62. The van der Waals surface area contributed by atoms with Crippen molar-refractivity contribution < 1.29 is 13.2 Å². The lowest BCUT2D eigenvalue weighted by Crippen LogP contribution is -2.46. The summed E-state index contributed by atoms with van der Waals surface area (Å²) in [7, 11) is -3.60. The largest absolute Gasteiger partial charge is 0.342 e. The van der Waals surface area contributed by atoms with E-state index in [2.05, 4.69) is 6.92 Å². The highest BCUT2D eigenvalue weighted by molar-refractivity contribution is 7.89. The fourth-order valence-electron chi connectivity index (χ4n) is 3.62. The highest BCUT2D eigenvalue weighted by Crippen LogP contribution is 2.29. The predicted octanol–water partition coefficient (Wildman–Crippen LogP) is 3.00. The molecule has 0 aromatic heterocycles. The standard InChI is InChI=1S/C18H25ClN2O3S/c1-14-6-10-20(11-7-14)18(22)15-8-12-21(13-9-15)25(23,24)17-5-3-2-4-16(17)19/h2-5,14-15H,6-13H2,1H3. The molecule has 0 spiro atoms. The van der Waals surface area contributed by atoms with Crippen LogP contribution in [-0.4, -0.2) is 49.7 Å². The molecule has 7 heteroatoms. The molecule has 2 aliphatic rings. The molecule has 0 N–H and O–H groups in total. The van der Waals surface area contributed by atoms with Gasteiger partial charge in [0.1, 0.15) is 4.90 Å². The molecule has 3 rings (SSSR count). The van der Waals surface area contributed by atoms with Crippen LogP contribution in [0, 0.1) is 11.8 Å². The summed E-state index contributed by atoms with van der Waals surface area (Å²) in [4.78, 5) is 14.8. The summed E-state index contributed by atoms with van der Waals surface area (Å²) in [5, 5.41) is 0.239. The molecule has 2 fully saturated rings. The van der Waals surface area contributed by atoms with Gasteiger partial charge in [-0.15, -0.1) is 0 Å². The van der Waals surface area contributed by atoms with Gasteiger partial charge in [0.15, 0.2) is 0 Å². The van der Waals surface area contributed by atoms with Gasteiger partial charge in [-0.2, -0.15) is 4.31 Å². The van der Waals surface area contributed by atoms with Gasteiger partial charge in [-0.05, 0) is 43.7 Å². The van der Waals surface area contributed by atoms with Crippen molar-refractivity contribution in [1.82, 2.24) is 9.21 Å². The monoisotopic (exact) mass is 384 g/mol. The summed E-state index contributed by atoms with van der Waals surface area (Å²) in [5.74, 6) is 0.819. The summed E-state index contributed by atoms with van der Waals surface area (Å²) >= 11 is 6.05. The maximum atomic E-state index is 12.8. The van der Waals surface area contributed by atoms with Crippen LogP contribution in [-0.2, 0) is 14.8 Å². The van der Waals surface area contributed by atoms with E-state index in [1.165, 1.54) is 10.4 Å². The molecule has 0 aliphatic carbocycles. The van der Waals surface area contributed by atoms with Crippen molar-refractivity contribution in [3.05, 3.63) is 29.3 Å². The van der Waals surface area contributed by atoms with Crippen molar-refractivity contribution in [2.24, 2.45) is 11.8 Å². The van der Waals surface area contributed by atoms with E-state index in [1.54, 1.807) is 18.2 Å². The third-order valence-corrected chi connectivity index (χ3v) is 7.75. The molecule has 0 atom stereocenters. The van der Waals surface area contributed by atoms with Crippen LogP contribution >= 0.6 is 11.6 Å². The SMILES string of the molecule is CC1CCN(C(=O)C2CCN(S(=O)(=O)c3ccccc3Cl)CC2)CC1. The first-order chi connectivity index (χ1) is 11.9. The number of halogens is 1. The Labute approximate surface area is 155 Å². The number of hydrogen-bond acceptors (Lipinski definition) is 3. The van der Waals surface area contributed by atoms with E-state index in [-0.39, 0.29) is 21.7 Å². The molecule has 25 heavy (non-hydrogen) atoms. The van der Waals surface area contributed by atoms with E-state index in [4.69, 9.17) is 11.6 Å². The molecule has 1 amide bonds. The Morgan fingerprint density at radius 2 is 1.64 bits per heavy atom. The molecule has 2 heterocycles. The fraction of sp³-hybridized carbons (Fsp3) is 0.611. The van der Waals surface area contributed by atoms with Gasteiger partial charge in [-0.25, -0.2) is 8.42 Å². The number of likely N-dealkylation sites (tertiary alicyclic amines) is 1. The third-order valence-electron chi connectivity index (χ3n) is 5.35. The summed E-state index contributed by atoms with van der Waals surface area (Å²) in [6.45, 7) is 4.62. The topological polar surface area (TPSA) is 57.7 Å². The molecule has 0 saturated carbocycles. The van der Waals surface area contributed by atoms with E-state index in [0.29, 0.717) is 31.8 Å². The zero-order valence-corrected chi connectivity index (χ0v) is 16.1. The van der Waals surface area contributed by atoms with Gasteiger partial charge in [0.05, 0.1) is 5.02 Å². The van der Waals surface area contributed by atoms with Crippen LogP contribution in [0.15, 0.2) is 29.2 Å². The highest BCUT2D eigenvalue weighted by atomic mass is 35.5. The second-order valence-electron chi connectivity index (χ2n) is 7.12. The van der Waals surface area contributed by atoms with Crippen molar-refractivity contribution in [1.29, 1.82) is 0 Å². The number of benzene rings is 1. The summed E-state index contributed by atoms with van der Waals surface area (Å²) in [6.07, 6.45) is 3.28. The van der Waals surface area contributed by atoms with E-state index in [0.717, 1.165) is 25.9 Å². The molecule has 1 aromatic carbocycles. The van der Waals surface area contributed by atoms with E-state index < -0.39 is 10.0 Å². The van der Waals surface area contributed by atoms with Gasteiger partial charge >= 0.3 is 0 Å². The first kappa shape index (κ1) is 18.7. The van der Waals surface area contributed by atoms with Gasteiger partial charge in [0.25, 0.3) is 0 Å². The van der Waals surface area contributed by atoms with Crippen molar-refractivity contribution in [2.45, 2.75) is 37.5 Å². The molecule has 0 bridgehead atoms. The van der Waals surface area contributed by atoms with Crippen molar-refractivity contribution in [3.63, 3.8) is 0 Å². The Morgan fingerprint density at radius 3 is 2.24 bits per heavy atom. The van der Waals surface area contributed by atoms with E-state index in [1.807, 2.05) is 4.90 Å². The normalized spacial score (nSPS) is 21.4. The molecule has 2 aliphatic heterocycles. The minimum Gasteiger partial charge on any atom is -0.342 e. The Bertz CT molecular complexity index is 722. The van der Waals surface area contributed by atoms with Crippen LogP contribution in [0.25, 0.3) is 0 Å². The minimum atomic E-state index is -3.60. The van der Waals surface area contributed by atoms with Gasteiger partial charge in [-0.1, -0.05) is 30.7 Å². The van der Waals surface area contributed by atoms with Crippen LogP contribution in [0.4, 0.5) is 0 Å². The van der Waals surface area contributed by atoms with Crippen LogP contribution in [0.2, 0.25) is 5.02 Å². The van der Waals surface area contributed by atoms with Crippen molar-refractivity contribution >= 4 is 27.5 Å². The first-order valence-electron chi connectivity index (χ1n) is 8.93. The summed E-state index contributed by atoms with van der Waals surface area (Å²) < 4.78 is 27.0. The molecule has 1 aromatic rings. The van der Waals surface area contributed by atoms with Crippen molar-refractivity contribution in [3.8, 4) is 0 Å². The van der Waals surface area contributed by atoms with Crippen LogP contribution in [0.1, 0.15) is 32.6 Å². The molecule has 138 valence electrons. The number of sulfonamides is 1. The first-order valence-corrected chi connectivity index (χ1v) is 10.7. The number of carbonyl (C=O) groups excluding carboxylic acids is 1. The Morgan fingerprint density at radius 1 is 1.04 bits per heavy atom. The lowest BCUT2D eigenvalue weighted by atomic mass is 9.93. The second-order valence-corrected chi connectivity index (χ2v) is 9.43. The minimum absolute atomic E-state index is 0.0638.